The lowest BCUT2D eigenvalue weighted by atomic mass is 9.94. The van der Waals surface area contributed by atoms with Gasteiger partial charge in [-0.05, 0) is 30.5 Å². The van der Waals surface area contributed by atoms with Crippen LogP contribution in [-0.2, 0) is 0 Å². The zero-order valence-corrected chi connectivity index (χ0v) is 10.1. The number of benzene rings is 1. The van der Waals surface area contributed by atoms with Gasteiger partial charge in [0.15, 0.2) is 0 Å². The van der Waals surface area contributed by atoms with Crippen molar-refractivity contribution >= 4 is 28.9 Å². The molecule has 1 unspecified atom stereocenters. The molecule has 80 valence electrons. The van der Waals surface area contributed by atoms with Gasteiger partial charge in [-0.3, -0.25) is 4.99 Å². The molecule has 0 fully saturated rings. The van der Waals surface area contributed by atoms with Crippen LogP contribution in [0.3, 0.4) is 0 Å². The molecule has 0 saturated carbocycles. The molecule has 3 heteroatoms. The standard InChI is InChI=1S/C12H13Cl2N/c1-8(11-6-3-7-15-11)12-9(13)4-2-5-10(12)14/h2,4-5,8H,3,6-7H2,1H3. The van der Waals surface area contributed by atoms with E-state index >= 15 is 0 Å². The zero-order chi connectivity index (χ0) is 10.8. The maximum atomic E-state index is 6.16. The number of hydrogen-bond acceptors (Lipinski definition) is 1. The third-order valence-electron chi connectivity index (χ3n) is 2.84. The lowest BCUT2D eigenvalue weighted by molar-refractivity contribution is 0.936. The number of halogens is 2. The molecule has 1 atom stereocenters. The Balaban J connectivity index is 2.36. The second-order valence-corrected chi connectivity index (χ2v) is 4.65. The second kappa shape index (κ2) is 4.54. The zero-order valence-electron chi connectivity index (χ0n) is 8.63. The molecule has 15 heavy (non-hydrogen) atoms. The molecule has 1 aromatic rings. The van der Waals surface area contributed by atoms with Crippen LogP contribution in [0.25, 0.3) is 0 Å². The Labute approximate surface area is 100 Å². The Hall–Kier alpha value is -0.530. The van der Waals surface area contributed by atoms with E-state index in [2.05, 4.69) is 11.9 Å². The summed E-state index contributed by atoms with van der Waals surface area (Å²) in [7, 11) is 0. The van der Waals surface area contributed by atoms with E-state index in [1.165, 1.54) is 5.71 Å². The third kappa shape index (κ3) is 2.19. The quantitative estimate of drug-likeness (QED) is 0.731. The van der Waals surface area contributed by atoms with E-state index in [0.717, 1.165) is 35.0 Å². The summed E-state index contributed by atoms with van der Waals surface area (Å²) in [6.07, 6.45) is 2.23. The summed E-state index contributed by atoms with van der Waals surface area (Å²) in [6.45, 7) is 3.07. The normalized spacial score (nSPS) is 17.7. The van der Waals surface area contributed by atoms with E-state index in [9.17, 15) is 0 Å². The first-order valence-electron chi connectivity index (χ1n) is 5.17. The highest BCUT2D eigenvalue weighted by Crippen LogP contribution is 2.33. The molecular formula is C12H13Cl2N. The largest absolute Gasteiger partial charge is 0.293 e. The first-order chi connectivity index (χ1) is 7.20. The van der Waals surface area contributed by atoms with Gasteiger partial charge in [-0.15, -0.1) is 0 Å². The fourth-order valence-electron chi connectivity index (χ4n) is 2.01. The van der Waals surface area contributed by atoms with Gasteiger partial charge in [0.25, 0.3) is 0 Å². The van der Waals surface area contributed by atoms with Gasteiger partial charge in [-0.1, -0.05) is 36.2 Å². The molecule has 1 nitrogen and oxygen atoms in total. The van der Waals surface area contributed by atoms with Crippen molar-refractivity contribution in [3.63, 3.8) is 0 Å². The third-order valence-corrected chi connectivity index (χ3v) is 3.50. The number of nitrogens with zero attached hydrogens (tertiary/aromatic N) is 1. The highest BCUT2D eigenvalue weighted by atomic mass is 35.5. The summed E-state index contributed by atoms with van der Waals surface area (Å²) in [5.41, 5.74) is 2.24. The number of aliphatic imine (C=N–C) groups is 1. The summed E-state index contributed by atoms with van der Waals surface area (Å²) in [6, 6.07) is 5.64. The lowest BCUT2D eigenvalue weighted by Gasteiger charge is -2.15. The van der Waals surface area contributed by atoms with Crippen molar-refractivity contribution in [1.82, 2.24) is 0 Å². The van der Waals surface area contributed by atoms with Crippen molar-refractivity contribution in [2.45, 2.75) is 25.7 Å². The van der Waals surface area contributed by atoms with Crippen LogP contribution in [0.5, 0.6) is 0 Å². The fourth-order valence-corrected chi connectivity index (χ4v) is 2.73. The van der Waals surface area contributed by atoms with Crippen LogP contribution in [0, 0.1) is 0 Å². The van der Waals surface area contributed by atoms with E-state index in [-0.39, 0.29) is 5.92 Å². The molecule has 1 aliphatic heterocycles. The predicted molar refractivity (Wildman–Crippen MR) is 66.4 cm³/mol. The maximum Gasteiger partial charge on any atom is 0.0459 e. The van der Waals surface area contributed by atoms with Gasteiger partial charge in [0.05, 0.1) is 0 Å². The molecule has 0 bridgehead atoms. The predicted octanol–water partition coefficient (Wildman–Crippen LogP) is 4.33. The summed E-state index contributed by atoms with van der Waals surface area (Å²) < 4.78 is 0. The molecule has 0 spiro atoms. The summed E-state index contributed by atoms with van der Waals surface area (Å²) in [4.78, 5) is 4.49. The maximum absolute atomic E-state index is 6.16. The minimum absolute atomic E-state index is 0.244. The molecule has 0 saturated heterocycles. The Bertz CT molecular complexity index is 378. The van der Waals surface area contributed by atoms with Crippen molar-refractivity contribution in [1.29, 1.82) is 0 Å². The van der Waals surface area contributed by atoms with E-state index in [1.54, 1.807) is 0 Å². The van der Waals surface area contributed by atoms with Gasteiger partial charge in [0.2, 0.25) is 0 Å². The average Bonchev–Trinajstić information content (AvgIpc) is 2.69. The van der Waals surface area contributed by atoms with Crippen LogP contribution < -0.4 is 0 Å². The first-order valence-corrected chi connectivity index (χ1v) is 5.93. The van der Waals surface area contributed by atoms with E-state index in [1.807, 2.05) is 18.2 Å². The van der Waals surface area contributed by atoms with Crippen LogP contribution in [0.15, 0.2) is 23.2 Å². The topological polar surface area (TPSA) is 12.4 Å². The lowest BCUT2D eigenvalue weighted by Crippen LogP contribution is -2.07. The monoisotopic (exact) mass is 241 g/mol. The van der Waals surface area contributed by atoms with Crippen molar-refractivity contribution in [2.75, 3.05) is 6.54 Å². The molecule has 0 amide bonds. The summed E-state index contributed by atoms with van der Waals surface area (Å²) >= 11 is 12.3. The van der Waals surface area contributed by atoms with Gasteiger partial charge in [0.1, 0.15) is 0 Å². The fraction of sp³-hybridized carbons (Fsp3) is 0.417. The smallest absolute Gasteiger partial charge is 0.0459 e. The number of rotatable bonds is 2. The highest BCUT2D eigenvalue weighted by Gasteiger charge is 2.20. The highest BCUT2D eigenvalue weighted by molar-refractivity contribution is 6.36. The van der Waals surface area contributed by atoms with Gasteiger partial charge < -0.3 is 0 Å². The molecule has 1 aliphatic rings. The van der Waals surface area contributed by atoms with Crippen molar-refractivity contribution < 1.29 is 0 Å². The summed E-state index contributed by atoms with van der Waals surface area (Å²) in [5, 5.41) is 1.48. The molecular weight excluding hydrogens is 229 g/mol. The molecule has 2 rings (SSSR count). The average molecular weight is 242 g/mol. The molecule has 0 aromatic heterocycles. The van der Waals surface area contributed by atoms with Gasteiger partial charge in [0, 0.05) is 28.2 Å². The molecule has 1 aromatic carbocycles. The van der Waals surface area contributed by atoms with Crippen molar-refractivity contribution in [3.8, 4) is 0 Å². The van der Waals surface area contributed by atoms with E-state index in [4.69, 9.17) is 23.2 Å². The Morgan fingerprint density at radius 3 is 2.47 bits per heavy atom. The van der Waals surface area contributed by atoms with Crippen LogP contribution >= 0.6 is 23.2 Å². The van der Waals surface area contributed by atoms with E-state index < -0.39 is 0 Å². The first kappa shape index (κ1) is 11.0. The van der Waals surface area contributed by atoms with Gasteiger partial charge in [-0.2, -0.15) is 0 Å². The molecule has 0 aliphatic carbocycles. The Morgan fingerprint density at radius 2 is 1.93 bits per heavy atom. The molecule has 0 radical (unpaired) electrons. The Morgan fingerprint density at radius 1 is 1.27 bits per heavy atom. The number of hydrogen-bond donors (Lipinski definition) is 0. The molecule has 0 N–H and O–H groups in total. The Kier molecular flexibility index (Phi) is 3.32. The SMILES string of the molecule is CC(C1=NCCC1)c1c(Cl)cccc1Cl. The van der Waals surface area contributed by atoms with Gasteiger partial charge >= 0.3 is 0 Å². The summed E-state index contributed by atoms with van der Waals surface area (Å²) in [5.74, 6) is 0.244. The van der Waals surface area contributed by atoms with Crippen LogP contribution in [0.4, 0.5) is 0 Å². The molecule has 1 heterocycles. The van der Waals surface area contributed by atoms with Crippen LogP contribution in [0.1, 0.15) is 31.2 Å². The van der Waals surface area contributed by atoms with Gasteiger partial charge in [-0.25, -0.2) is 0 Å². The minimum atomic E-state index is 0.244. The minimum Gasteiger partial charge on any atom is -0.293 e. The van der Waals surface area contributed by atoms with E-state index in [0.29, 0.717) is 0 Å². The van der Waals surface area contributed by atoms with Crippen LogP contribution in [-0.4, -0.2) is 12.3 Å². The van der Waals surface area contributed by atoms with Crippen LogP contribution in [0.2, 0.25) is 10.0 Å². The second-order valence-electron chi connectivity index (χ2n) is 3.83. The van der Waals surface area contributed by atoms with Crippen molar-refractivity contribution in [2.24, 2.45) is 4.99 Å². The van der Waals surface area contributed by atoms with Crippen molar-refractivity contribution in [3.05, 3.63) is 33.8 Å².